The van der Waals surface area contributed by atoms with E-state index in [0.717, 1.165) is 31.7 Å². The summed E-state index contributed by atoms with van der Waals surface area (Å²) in [6, 6.07) is 6.38. The van der Waals surface area contributed by atoms with Crippen molar-refractivity contribution in [2.75, 3.05) is 19.6 Å². The molecule has 0 saturated carbocycles. The van der Waals surface area contributed by atoms with E-state index >= 15 is 0 Å². The predicted octanol–water partition coefficient (Wildman–Crippen LogP) is 2.57. The number of nitriles is 1. The van der Waals surface area contributed by atoms with Gasteiger partial charge >= 0.3 is 0 Å². The van der Waals surface area contributed by atoms with Gasteiger partial charge in [0.05, 0.1) is 6.07 Å². The lowest BCUT2D eigenvalue weighted by Gasteiger charge is -2.25. The molecule has 4 nitrogen and oxygen atoms in total. The van der Waals surface area contributed by atoms with Gasteiger partial charge in [0, 0.05) is 43.8 Å². The maximum absolute atomic E-state index is 8.62. The number of rotatable bonds is 3. The van der Waals surface area contributed by atoms with E-state index in [9.17, 15) is 0 Å². The van der Waals surface area contributed by atoms with Gasteiger partial charge in [-0.05, 0) is 29.7 Å². The van der Waals surface area contributed by atoms with Gasteiger partial charge in [0.1, 0.15) is 5.65 Å². The highest BCUT2D eigenvalue weighted by Gasteiger charge is 2.14. The SMILES string of the molecule is N#CCCN1CC=C(c2ccnc3[nH]ccc23)CC1. The van der Waals surface area contributed by atoms with Crippen molar-refractivity contribution < 1.29 is 0 Å². The van der Waals surface area contributed by atoms with Crippen LogP contribution in [0.2, 0.25) is 0 Å². The zero-order chi connectivity index (χ0) is 13.1. The fraction of sp³-hybridized carbons (Fsp3) is 0.333. The molecule has 0 amide bonds. The Bertz CT molecular complexity index is 647. The molecule has 3 rings (SSSR count). The minimum absolute atomic E-state index is 0.612. The van der Waals surface area contributed by atoms with Crippen molar-refractivity contribution in [1.82, 2.24) is 14.9 Å². The van der Waals surface area contributed by atoms with Crippen LogP contribution in [-0.2, 0) is 0 Å². The summed E-state index contributed by atoms with van der Waals surface area (Å²) in [6.45, 7) is 2.84. The summed E-state index contributed by atoms with van der Waals surface area (Å²) in [6.07, 6.45) is 7.72. The van der Waals surface area contributed by atoms with Crippen LogP contribution in [0.1, 0.15) is 18.4 Å². The van der Waals surface area contributed by atoms with Gasteiger partial charge in [0.25, 0.3) is 0 Å². The molecule has 0 aromatic carbocycles. The van der Waals surface area contributed by atoms with Crippen LogP contribution in [0.4, 0.5) is 0 Å². The minimum Gasteiger partial charge on any atom is -0.346 e. The number of H-pyrrole nitrogens is 1. The van der Waals surface area contributed by atoms with Crippen LogP contribution in [0.15, 0.2) is 30.6 Å². The monoisotopic (exact) mass is 252 g/mol. The molecule has 1 aliphatic rings. The molecule has 0 spiro atoms. The molecule has 2 aromatic heterocycles. The lowest BCUT2D eigenvalue weighted by atomic mass is 9.98. The third-order valence-electron chi connectivity index (χ3n) is 3.64. The maximum Gasteiger partial charge on any atom is 0.137 e. The molecule has 2 aromatic rings. The molecular formula is C15H16N4. The maximum atomic E-state index is 8.62. The van der Waals surface area contributed by atoms with E-state index in [1.807, 2.05) is 12.4 Å². The molecule has 96 valence electrons. The van der Waals surface area contributed by atoms with Gasteiger partial charge in [-0.2, -0.15) is 5.26 Å². The zero-order valence-electron chi connectivity index (χ0n) is 10.8. The Kier molecular flexibility index (Phi) is 3.30. The fourth-order valence-electron chi connectivity index (χ4n) is 2.61. The second-order valence-electron chi connectivity index (χ2n) is 4.79. The van der Waals surface area contributed by atoms with Crippen molar-refractivity contribution in [2.45, 2.75) is 12.8 Å². The minimum atomic E-state index is 0.612. The first kappa shape index (κ1) is 11.9. The predicted molar refractivity (Wildman–Crippen MR) is 75.4 cm³/mol. The Balaban J connectivity index is 1.82. The van der Waals surface area contributed by atoms with E-state index in [1.165, 1.54) is 16.5 Å². The summed E-state index contributed by atoms with van der Waals surface area (Å²) >= 11 is 0. The molecule has 19 heavy (non-hydrogen) atoms. The molecule has 1 N–H and O–H groups in total. The second kappa shape index (κ2) is 5.25. The smallest absolute Gasteiger partial charge is 0.137 e. The van der Waals surface area contributed by atoms with E-state index in [-0.39, 0.29) is 0 Å². The van der Waals surface area contributed by atoms with Gasteiger partial charge in [-0.25, -0.2) is 4.98 Å². The number of nitrogens with zero attached hydrogens (tertiary/aromatic N) is 3. The van der Waals surface area contributed by atoms with Gasteiger partial charge in [0.2, 0.25) is 0 Å². The van der Waals surface area contributed by atoms with Gasteiger partial charge in [-0.1, -0.05) is 6.08 Å². The van der Waals surface area contributed by atoms with Crippen LogP contribution in [0.3, 0.4) is 0 Å². The van der Waals surface area contributed by atoms with Gasteiger partial charge in [0.15, 0.2) is 0 Å². The first-order valence-corrected chi connectivity index (χ1v) is 6.59. The Morgan fingerprint density at radius 2 is 2.37 bits per heavy atom. The normalized spacial score (nSPS) is 16.3. The first-order chi connectivity index (χ1) is 9.38. The quantitative estimate of drug-likeness (QED) is 0.913. The highest BCUT2D eigenvalue weighted by Crippen LogP contribution is 2.27. The summed E-state index contributed by atoms with van der Waals surface area (Å²) in [5.41, 5.74) is 3.62. The number of aromatic amines is 1. The van der Waals surface area contributed by atoms with E-state index in [1.54, 1.807) is 0 Å². The van der Waals surface area contributed by atoms with Crippen molar-refractivity contribution in [3.63, 3.8) is 0 Å². The molecule has 0 atom stereocenters. The number of nitrogens with one attached hydrogen (secondary N) is 1. The number of aromatic nitrogens is 2. The fourth-order valence-corrected chi connectivity index (χ4v) is 2.61. The Labute approximate surface area is 112 Å². The Morgan fingerprint density at radius 1 is 1.42 bits per heavy atom. The average molecular weight is 252 g/mol. The van der Waals surface area contributed by atoms with Crippen molar-refractivity contribution in [3.05, 3.63) is 36.2 Å². The summed E-state index contributed by atoms with van der Waals surface area (Å²) < 4.78 is 0. The molecule has 0 radical (unpaired) electrons. The Morgan fingerprint density at radius 3 is 3.16 bits per heavy atom. The topological polar surface area (TPSA) is 55.7 Å². The number of hydrogen-bond acceptors (Lipinski definition) is 3. The number of pyridine rings is 1. The lowest BCUT2D eigenvalue weighted by Crippen LogP contribution is -2.29. The lowest BCUT2D eigenvalue weighted by molar-refractivity contribution is 0.309. The van der Waals surface area contributed by atoms with Gasteiger partial charge < -0.3 is 4.98 Å². The molecule has 0 bridgehead atoms. The van der Waals surface area contributed by atoms with Gasteiger partial charge in [-0.3, -0.25) is 4.90 Å². The third-order valence-corrected chi connectivity index (χ3v) is 3.64. The summed E-state index contributed by atoms with van der Waals surface area (Å²) in [7, 11) is 0. The Hall–Kier alpha value is -2.12. The molecule has 1 aliphatic heterocycles. The van der Waals surface area contributed by atoms with Crippen molar-refractivity contribution in [1.29, 1.82) is 5.26 Å². The molecule has 4 heteroatoms. The summed E-state index contributed by atoms with van der Waals surface area (Å²) in [5, 5.41) is 9.81. The number of hydrogen-bond donors (Lipinski definition) is 1. The van der Waals surface area contributed by atoms with E-state index in [0.29, 0.717) is 6.42 Å². The second-order valence-corrected chi connectivity index (χ2v) is 4.79. The van der Waals surface area contributed by atoms with Crippen LogP contribution < -0.4 is 0 Å². The van der Waals surface area contributed by atoms with Crippen molar-refractivity contribution in [3.8, 4) is 6.07 Å². The van der Waals surface area contributed by atoms with Crippen molar-refractivity contribution in [2.24, 2.45) is 0 Å². The van der Waals surface area contributed by atoms with E-state index < -0.39 is 0 Å². The van der Waals surface area contributed by atoms with Crippen LogP contribution >= 0.6 is 0 Å². The standard InChI is InChI=1S/C15H16N4/c16-6-1-9-19-10-4-12(5-11-19)13-2-7-17-15-14(13)3-8-18-15/h2-4,7-8H,1,5,9-11H2,(H,17,18). The van der Waals surface area contributed by atoms with Gasteiger partial charge in [-0.15, -0.1) is 0 Å². The molecule has 0 saturated heterocycles. The molecule has 0 aliphatic carbocycles. The molecule has 0 unspecified atom stereocenters. The highest BCUT2D eigenvalue weighted by atomic mass is 15.1. The molecule has 3 heterocycles. The summed E-state index contributed by atoms with van der Waals surface area (Å²) in [4.78, 5) is 9.80. The average Bonchev–Trinajstić information content (AvgIpc) is 2.94. The van der Waals surface area contributed by atoms with Crippen molar-refractivity contribution >= 4 is 16.6 Å². The van der Waals surface area contributed by atoms with E-state index in [4.69, 9.17) is 5.26 Å². The largest absolute Gasteiger partial charge is 0.346 e. The first-order valence-electron chi connectivity index (χ1n) is 6.59. The van der Waals surface area contributed by atoms with Crippen LogP contribution in [0.25, 0.3) is 16.6 Å². The molecule has 0 fully saturated rings. The van der Waals surface area contributed by atoms with Crippen LogP contribution in [0, 0.1) is 11.3 Å². The zero-order valence-corrected chi connectivity index (χ0v) is 10.8. The van der Waals surface area contributed by atoms with Crippen LogP contribution in [-0.4, -0.2) is 34.5 Å². The molecular weight excluding hydrogens is 236 g/mol. The van der Waals surface area contributed by atoms with Crippen LogP contribution in [0.5, 0.6) is 0 Å². The highest BCUT2D eigenvalue weighted by molar-refractivity contribution is 5.90. The van der Waals surface area contributed by atoms with E-state index in [2.05, 4.69) is 39.1 Å². The summed E-state index contributed by atoms with van der Waals surface area (Å²) in [5.74, 6) is 0. The third kappa shape index (κ3) is 2.38. The number of fused-ring (bicyclic) bond motifs is 1.